The van der Waals surface area contributed by atoms with E-state index >= 15 is 0 Å². The summed E-state index contributed by atoms with van der Waals surface area (Å²) in [7, 11) is 0. The van der Waals surface area contributed by atoms with Gasteiger partial charge >= 0.3 is 0 Å². The molecule has 0 unspecified atom stereocenters. The first kappa shape index (κ1) is 33.4. The van der Waals surface area contributed by atoms with Crippen molar-refractivity contribution in [1.29, 1.82) is 0 Å². The summed E-state index contributed by atoms with van der Waals surface area (Å²) in [6.07, 6.45) is 0. The van der Waals surface area contributed by atoms with E-state index in [1.807, 2.05) is 0 Å². The van der Waals surface area contributed by atoms with E-state index in [1.165, 1.54) is 54.2 Å². The minimum atomic E-state index is 0.474. The molecule has 0 aliphatic heterocycles. The van der Waals surface area contributed by atoms with Crippen molar-refractivity contribution in [2.24, 2.45) is 0 Å². The molecule has 10 aromatic carbocycles. The van der Waals surface area contributed by atoms with Gasteiger partial charge in [-0.1, -0.05) is 194 Å². The van der Waals surface area contributed by atoms with Gasteiger partial charge in [-0.3, -0.25) is 0 Å². The van der Waals surface area contributed by atoms with Gasteiger partial charge in [-0.15, -0.1) is 0 Å². The number of benzene rings is 10. The molecule has 0 aliphatic carbocycles. The molecule has 0 fully saturated rings. The van der Waals surface area contributed by atoms with Crippen LogP contribution in [0.1, 0.15) is 11.1 Å². The van der Waals surface area contributed by atoms with Crippen LogP contribution in [0.15, 0.2) is 206 Å². The summed E-state index contributed by atoms with van der Waals surface area (Å²) in [5.74, 6) is 1.77. The molecule has 0 saturated heterocycles. The molecule has 2 nitrogen and oxygen atoms in total. The fourth-order valence-electron chi connectivity index (χ4n) is 8.10. The number of ether oxygens (including phenoxy) is 2. The summed E-state index contributed by atoms with van der Waals surface area (Å²) in [5.41, 5.74) is 9.19. The average molecular weight is 719 g/mol. The Bertz CT molecular complexity index is 2800. The van der Waals surface area contributed by atoms with Gasteiger partial charge in [0.05, 0.1) is 0 Å². The Labute approximate surface area is 326 Å². The molecule has 0 bridgehead atoms. The largest absolute Gasteiger partial charge is 0.488 e. The number of rotatable bonds is 9. The van der Waals surface area contributed by atoms with Gasteiger partial charge in [0, 0.05) is 11.1 Å². The highest BCUT2D eigenvalue weighted by atomic mass is 16.5. The summed E-state index contributed by atoms with van der Waals surface area (Å²) in [6.45, 7) is 0.949. The molecule has 0 aromatic heterocycles. The molecule has 0 spiro atoms. The van der Waals surface area contributed by atoms with Gasteiger partial charge in [0.1, 0.15) is 24.7 Å². The van der Waals surface area contributed by atoms with Crippen molar-refractivity contribution in [2.45, 2.75) is 13.2 Å². The predicted molar refractivity (Wildman–Crippen MR) is 234 cm³/mol. The standard InChI is InChI=1S/C54H38O2/c1-5-17-45-41(11-1)15-9-21-49(45)53-47-19-7-3-13-43(47)31-33-51(53)55-35-37-23-27-39(28-24-37)40-29-25-38(26-30-40)36-56-52-34-32-44-14-4-8-20-48(44)54(52)50-22-10-16-42-12-2-6-18-46(42)50/h1-34H,35-36H2. The van der Waals surface area contributed by atoms with Crippen molar-refractivity contribution in [3.8, 4) is 44.9 Å². The Balaban J connectivity index is 0.870. The Kier molecular flexibility index (Phi) is 8.70. The molecule has 0 amide bonds. The molecule has 0 heterocycles. The van der Waals surface area contributed by atoms with E-state index in [0.717, 1.165) is 44.9 Å². The Morgan fingerprint density at radius 1 is 0.268 bits per heavy atom. The van der Waals surface area contributed by atoms with E-state index < -0.39 is 0 Å². The Morgan fingerprint density at radius 2 is 0.607 bits per heavy atom. The van der Waals surface area contributed by atoms with E-state index in [-0.39, 0.29) is 0 Å². The highest BCUT2D eigenvalue weighted by Crippen LogP contribution is 2.42. The third kappa shape index (κ3) is 6.32. The fourth-order valence-corrected chi connectivity index (χ4v) is 8.10. The van der Waals surface area contributed by atoms with Crippen LogP contribution >= 0.6 is 0 Å². The Hall–Kier alpha value is -7.16. The molecule has 0 radical (unpaired) electrons. The second kappa shape index (κ2) is 14.6. The second-order valence-corrected chi connectivity index (χ2v) is 14.3. The molecule has 0 N–H and O–H groups in total. The van der Waals surface area contributed by atoms with Crippen molar-refractivity contribution in [3.63, 3.8) is 0 Å². The van der Waals surface area contributed by atoms with Crippen molar-refractivity contribution < 1.29 is 9.47 Å². The lowest BCUT2D eigenvalue weighted by atomic mass is 9.93. The van der Waals surface area contributed by atoms with E-state index in [1.54, 1.807) is 0 Å². The molecule has 10 aromatic rings. The average Bonchev–Trinajstić information content (AvgIpc) is 3.27. The van der Waals surface area contributed by atoms with Gasteiger partial charge in [0.15, 0.2) is 0 Å². The summed E-state index contributed by atoms with van der Waals surface area (Å²) < 4.78 is 13.3. The number of hydrogen-bond donors (Lipinski definition) is 0. The van der Waals surface area contributed by atoms with Crippen LogP contribution in [-0.4, -0.2) is 0 Å². The van der Waals surface area contributed by atoms with Crippen molar-refractivity contribution in [1.82, 2.24) is 0 Å². The van der Waals surface area contributed by atoms with Gasteiger partial charge in [-0.25, -0.2) is 0 Å². The van der Waals surface area contributed by atoms with Gasteiger partial charge in [0.2, 0.25) is 0 Å². The maximum absolute atomic E-state index is 6.63. The van der Waals surface area contributed by atoms with Gasteiger partial charge in [0.25, 0.3) is 0 Å². The third-order valence-electron chi connectivity index (χ3n) is 10.9. The lowest BCUT2D eigenvalue weighted by Gasteiger charge is -2.17. The van der Waals surface area contributed by atoms with Crippen molar-refractivity contribution in [3.05, 3.63) is 217 Å². The van der Waals surface area contributed by atoms with Crippen LogP contribution in [-0.2, 0) is 13.2 Å². The van der Waals surface area contributed by atoms with Crippen LogP contribution in [0.4, 0.5) is 0 Å². The van der Waals surface area contributed by atoms with E-state index in [0.29, 0.717) is 13.2 Å². The first-order valence-corrected chi connectivity index (χ1v) is 19.2. The molecule has 0 aliphatic rings. The first-order valence-electron chi connectivity index (χ1n) is 19.2. The van der Waals surface area contributed by atoms with Crippen LogP contribution in [0.2, 0.25) is 0 Å². The van der Waals surface area contributed by atoms with E-state index in [4.69, 9.17) is 9.47 Å². The Morgan fingerprint density at radius 3 is 1.02 bits per heavy atom. The lowest BCUT2D eigenvalue weighted by Crippen LogP contribution is -1.99. The first-order chi connectivity index (χ1) is 27.8. The number of hydrogen-bond acceptors (Lipinski definition) is 2. The van der Waals surface area contributed by atoms with Gasteiger partial charge < -0.3 is 9.47 Å². The summed E-state index contributed by atoms with van der Waals surface area (Å²) in [4.78, 5) is 0. The molecule has 56 heavy (non-hydrogen) atoms. The van der Waals surface area contributed by atoms with Crippen LogP contribution in [0.25, 0.3) is 76.5 Å². The zero-order valence-corrected chi connectivity index (χ0v) is 30.9. The maximum atomic E-state index is 6.63. The summed E-state index contributed by atoms with van der Waals surface area (Å²) in [6, 6.07) is 73.2. The normalized spacial score (nSPS) is 11.4. The molecular weight excluding hydrogens is 681 g/mol. The van der Waals surface area contributed by atoms with E-state index in [9.17, 15) is 0 Å². The zero-order chi connectivity index (χ0) is 37.3. The fraction of sp³-hybridized carbons (Fsp3) is 0.0370. The number of fused-ring (bicyclic) bond motifs is 4. The van der Waals surface area contributed by atoms with Crippen LogP contribution in [0.5, 0.6) is 11.5 Å². The van der Waals surface area contributed by atoms with Gasteiger partial charge in [-0.2, -0.15) is 0 Å². The van der Waals surface area contributed by atoms with E-state index in [2.05, 4.69) is 206 Å². The van der Waals surface area contributed by atoms with Crippen LogP contribution in [0, 0.1) is 0 Å². The molecule has 2 heteroatoms. The van der Waals surface area contributed by atoms with Crippen molar-refractivity contribution >= 4 is 43.1 Å². The highest BCUT2D eigenvalue weighted by Gasteiger charge is 2.16. The molecule has 10 rings (SSSR count). The van der Waals surface area contributed by atoms with Gasteiger partial charge in [-0.05, 0) is 88.6 Å². The van der Waals surface area contributed by atoms with Crippen LogP contribution < -0.4 is 9.47 Å². The zero-order valence-electron chi connectivity index (χ0n) is 30.9. The lowest BCUT2D eigenvalue weighted by molar-refractivity contribution is 0.308. The monoisotopic (exact) mass is 718 g/mol. The molecular formula is C54H38O2. The maximum Gasteiger partial charge on any atom is 0.128 e. The molecule has 266 valence electrons. The quantitative estimate of drug-likeness (QED) is 0.148. The predicted octanol–water partition coefficient (Wildman–Crippen LogP) is 14.5. The minimum absolute atomic E-state index is 0.474. The SMILES string of the molecule is c1ccc2c(-c3c(OCc4ccc(-c5ccc(COc6ccc7ccccc7c6-c6cccc7ccccc67)cc5)cc4)ccc4ccccc34)cccc2c1. The smallest absolute Gasteiger partial charge is 0.128 e. The summed E-state index contributed by atoms with van der Waals surface area (Å²) in [5, 5.41) is 9.65. The summed E-state index contributed by atoms with van der Waals surface area (Å²) >= 11 is 0. The minimum Gasteiger partial charge on any atom is -0.488 e. The topological polar surface area (TPSA) is 18.5 Å². The van der Waals surface area contributed by atoms with Crippen LogP contribution in [0.3, 0.4) is 0 Å². The third-order valence-corrected chi connectivity index (χ3v) is 10.9. The molecule has 0 saturated carbocycles. The molecule has 0 atom stereocenters. The van der Waals surface area contributed by atoms with Crippen molar-refractivity contribution in [2.75, 3.05) is 0 Å². The second-order valence-electron chi connectivity index (χ2n) is 14.3. The highest BCUT2D eigenvalue weighted by molar-refractivity contribution is 6.09.